The molecular formula is C28H37F3N6O. The molecule has 2 aromatic rings. The molecule has 0 atom stereocenters. The van der Waals surface area contributed by atoms with Gasteiger partial charge in [-0.2, -0.15) is 18.4 Å². The maximum Gasteiger partial charge on any atom is 0.417 e. The van der Waals surface area contributed by atoms with Gasteiger partial charge in [-0.15, -0.1) is 0 Å². The van der Waals surface area contributed by atoms with Gasteiger partial charge in [0, 0.05) is 63.1 Å². The highest BCUT2D eigenvalue weighted by atomic mass is 19.4. The lowest BCUT2D eigenvalue weighted by atomic mass is 10.0. The number of piperazine rings is 1. The third-order valence-electron chi connectivity index (χ3n) is 7.16. The van der Waals surface area contributed by atoms with Gasteiger partial charge in [0.05, 0.1) is 29.1 Å². The summed E-state index contributed by atoms with van der Waals surface area (Å²) in [5.74, 6) is 0.139. The summed E-state index contributed by atoms with van der Waals surface area (Å²) in [6.07, 6.45) is 0.00234. The molecule has 0 saturated carbocycles. The van der Waals surface area contributed by atoms with E-state index in [1.54, 1.807) is 6.07 Å². The van der Waals surface area contributed by atoms with E-state index in [4.69, 9.17) is 5.26 Å². The van der Waals surface area contributed by atoms with E-state index in [9.17, 15) is 18.0 Å². The van der Waals surface area contributed by atoms with Crippen molar-refractivity contribution >= 4 is 17.3 Å². The maximum atomic E-state index is 13.2. The summed E-state index contributed by atoms with van der Waals surface area (Å²) in [6, 6.07) is 9.42. The number of anilines is 2. The fourth-order valence-corrected chi connectivity index (χ4v) is 4.96. The van der Waals surface area contributed by atoms with Crippen LogP contribution in [0.3, 0.4) is 0 Å². The minimum absolute atomic E-state index is 0. The maximum absolute atomic E-state index is 13.2. The second-order valence-corrected chi connectivity index (χ2v) is 9.76. The van der Waals surface area contributed by atoms with Gasteiger partial charge in [0.2, 0.25) is 5.91 Å². The molecule has 38 heavy (non-hydrogen) atoms. The van der Waals surface area contributed by atoms with E-state index < -0.39 is 11.7 Å². The van der Waals surface area contributed by atoms with Crippen LogP contribution in [0.15, 0.2) is 36.5 Å². The van der Waals surface area contributed by atoms with Gasteiger partial charge in [-0.25, -0.2) is 0 Å². The first-order valence-electron chi connectivity index (χ1n) is 12.8. The Morgan fingerprint density at radius 2 is 1.82 bits per heavy atom. The lowest BCUT2D eigenvalue weighted by molar-refractivity contribution is -0.137. The van der Waals surface area contributed by atoms with Crippen LogP contribution < -0.4 is 10.2 Å². The second-order valence-electron chi connectivity index (χ2n) is 9.76. The normalized spacial score (nSPS) is 17.0. The van der Waals surface area contributed by atoms with Crippen molar-refractivity contribution in [1.82, 2.24) is 14.8 Å². The first-order chi connectivity index (χ1) is 17.7. The Morgan fingerprint density at radius 3 is 2.42 bits per heavy atom. The minimum Gasteiger partial charge on any atom is -0.382 e. The average molecular weight is 531 g/mol. The number of aryl methyl sites for hydroxylation is 1. The Balaban J connectivity index is 0.00000400. The highest BCUT2D eigenvalue weighted by molar-refractivity contribution is 5.76. The molecule has 2 aliphatic heterocycles. The molecule has 1 N–H and O–H groups in total. The SMILES string of the molecule is C.Cc1ccc(N2CCN(CCCC(=O)N3CCC(Nc4ccc(C#N)c(C(F)(F)F)c4)CC3)CC2)cn1. The van der Waals surface area contributed by atoms with Crippen molar-refractivity contribution in [3.8, 4) is 6.07 Å². The van der Waals surface area contributed by atoms with Crippen LogP contribution in [0.4, 0.5) is 24.5 Å². The number of hydrogen-bond donors (Lipinski definition) is 1. The average Bonchev–Trinajstić information content (AvgIpc) is 2.89. The number of benzene rings is 1. The van der Waals surface area contributed by atoms with Gasteiger partial charge in [0.25, 0.3) is 0 Å². The summed E-state index contributed by atoms with van der Waals surface area (Å²) in [5, 5.41) is 12.1. The molecule has 0 aliphatic carbocycles. The number of likely N-dealkylation sites (tertiary alicyclic amines) is 1. The summed E-state index contributed by atoms with van der Waals surface area (Å²) < 4.78 is 39.7. The molecule has 1 amide bonds. The molecule has 2 saturated heterocycles. The number of piperidine rings is 1. The number of rotatable bonds is 7. The lowest BCUT2D eigenvalue weighted by Gasteiger charge is -2.36. The Bertz CT molecular complexity index is 1100. The highest BCUT2D eigenvalue weighted by Crippen LogP contribution is 2.34. The largest absolute Gasteiger partial charge is 0.417 e. The zero-order chi connectivity index (χ0) is 26.4. The molecule has 0 spiro atoms. The number of halogens is 3. The third-order valence-corrected chi connectivity index (χ3v) is 7.16. The molecule has 2 fully saturated rings. The van der Waals surface area contributed by atoms with E-state index in [1.165, 1.54) is 12.1 Å². The van der Waals surface area contributed by atoms with E-state index in [1.807, 2.05) is 24.1 Å². The Hall–Kier alpha value is -3.32. The van der Waals surface area contributed by atoms with E-state index in [2.05, 4.69) is 26.2 Å². The quantitative estimate of drug-likeness (QED) is 0.548. The van der Waals surface area contributed by atoms with Crippen molar-refractivity contribution in [3.05, 3.63) is 53.3 Å². The van der Waals surface area contributed by atoms with E-state index in [-0.39, 0.29) is 24.9 Å². The summed E-state index contributed by atoms with van der Waals surface area (Å²) in [7, 11) is 0. The van der Waals surface area contributed by atoms with E-state index in [0.29, 0.717) is 38.0 Å². The van der Waals surface area contributed by atoms with Gasteiger partial charge in [0.15, 0.2) is 0 Å². The van der Waals surface area contributed by atoms with Crippen LogP contribution in [-0.4, -0.2) is 72.5 Å². The van der Waals surface area contributed by atoms with Gasteiger partial charge in [-0.3, -0.25) is 14.7 Å². The molecule has 206 valence electrons. The Morgan fingerprint density at radius 1 is 1.11 bits per heavy atom. The van der Waals surface area contributed by atoms with E-state index in [0.717, 1.165) is 56.6 Å². The molecule has 7 nitrogen and oxygen atoms in total. The smallest absolute Gasteiger partial charge is 0.382 e. The van der Waals surface area contributed by atoms with Crippen LogP contribution in [0.1, 0.15) is 49.9 Å². The second kappa shape index (κ2) is 13.0. The summed E-state index contributed by atoms with van der Waals surface area (Å²) >= 11 is 0. The number of aromatic nitrogens is 1. The summed E-state index contributed by atoms with van der Waals surface area (Å²) in [4.78, 5) is 23.7. The zero-order valence-corrected chi connectivity index (χ0v) is 21.1. The first kappa shape index (κ1) is 29.2. The number of hydrogen-bond acceptors (Lipinski definition) is 6. The monoisotopic (exact) mass is 530 g/mol. The standard InChI is InChI=1S/C27H33F3N6O.CH4/c1-20-4-7-24(19-32-20)35-15-13-34(14-16-35)10-2-3-26(37)36-11-8-22(9-12-36)33-23-6-5-21(18-31)25(17-23)27(28,29)30;/h4-7,17,19,22,33H,2-3,8-16H2,1H3;1H4. The number of amides is 1. The number of carbonyl (C=O) groups is 1. The van der Waals surface area contributed by atoms with Crippen molar-refractivity contribution < 1.29 is 18.0 Å². The number of alkyl halides is 3. The number of pyridine rings is 1. The molecule has 3 heterocycles. The van der Waals surface area contributed by atoms with Crippen LogP contribution in [0.25, 0.3) is 0 Å². The van der Waals surface area contributed by atoms with Crippen molar-refractivity contribution in [2.45, 2.75) is 52.3 Å². The predicted octanol–water partition coefficient (Wildman–Crippen LogP) is 4.92. The van der Waals surface area contributed by atoms with Gasteiger partial charge >= 0.3 is 6.18 Å². The molecule has 0 radical (unpaired) electrons. The van der Waals surface area contributed by atoms with Crippen molar-refractivity contribution in [2.24, 2.45) is 0 Å². The van der Waals surface area contributed by atoms with Crippen molar-refractivity contribution in [3.63, 3.8) is 0 Å². The summed E-state index contributed by atoms with van der Waals surface area (Å²) in [5.41, 5.74) is 1.19. The Kier molecular flexibility index (Phi) is 9.97. The summed E-state index contributed by atoms with van der Waals surface area (Å²) in [6.45, 7) is 7.87. The van der Waals surface area contributed by atoms with Gasteiger partial charge in [-0.05, 0) is 63.1 Å². The molecule has 0 bridgehead atoms. The fraction of sp³-hybridized carbons (Fsp3) is 0.536. The minimum atomic E-state index is -4.58. The fourth-order valence-electron chi connectivity index (χ4n) is 4.96. The third kappa shape index (κ3) is 7.60. The molecule has 2 aliphatic rings. The number of carbonyl (C=O) groups excluding carboxylic acids is 1. The van der Waals surface area contributed by atoms with Crippen LogP contribution in [-0.2, 0) is 11.0 Å². The molecule has 1 aromatic heterocycles. The Labute approximate surface area is 223 Å². The van der Waals surface area contributed by atoms with E-state index >= 15 is 0 Å². The highest BCUT2D eigenvalue weighted by Gasteiger charge is 2.34. The van der Waals surface area contributed by atoms with Crippen LogP contribution >= 0.6 is 0 Å². The van der Waals surface area contributed by atoms with Crippen LogP contribution in [0, 0.1) is 18.3 Å². The van der Waals surface area contributed by atoms with Crippen LogP contribution in [0.5, 0.6) is 0 Å². The molecule has 10 heteroatoms. The van der Waals surface area contributed by atoms with Gasteiger partial charge < -0.3 is 15.1 Å². The van der Waals surface area contributed by atoms with Gasteiger partial charge in [-0.1, -0.05) is 7.43 Å². The lowest BCUT2D eigenvalue weighted by Crippen LogP contribution is -2.47. The number of nitrogens with one attached hydrogen (secondary N) is 1. The molecular weight excluding hydrogens is 493 g/mol. The molecule has 1 aromatic carbocycles. The molecule has 4 rings (SSSR count). The van der Waals surface area contributed by atoms with Crippen molar-refractivity contribution in [1.29, 1.82) is 5.26 Å². The topological polar surface area (TPSA) is 75.5 Å². The number of nitrogens with zero attached hydrogens (tertiary/aromatic N) is 5. The van der Waals surface area contributed by atoms with Crippen LogP contribution in [0.2, 0.25) is 0 Å². The predicted molar refractivity (Wildman–Crippen MR) is 143 cm³/mol. The first-order valence-corrected chi connectivity index (χ1v) is 12.8. The van der Waals surface area contributed by atoms with Crippen molar-refractivity contribution in [2.75, 3.05) is 56.0 Å². The number of nitriles is 1. The zero-order valence-electron chi connectivity index (χ0n) is 21.1. The molecule has 0 unspecified atom stereocenters. The van der Waals surface area contributed by atoms with Gasteiger partial charge in [0.1, 0.15) is 0 Å².